The van der Waals surface area contributed by atoms with Crippen molar-refractivity contribution in [3.8, 4) is 21.8 Å². The van der Waals surface area contributed by atoms with E-state index in [1.54, 1.807) is 23.7 Å². The molecule has 2 aromatic heterocycles. The molecule has 3 aromatic rings. The fourth-order valence-corrected chi connectivity index (χ4v) is 2.91. The molecule has 1 aromatic carbocycles. The Morgan fingerprint density at radius 1 is 1.00 bits per heavy atom. The lowest BCUT2D eigenvalue weighted by Gasteiger charge is -2.17. The highest BCUT2D eigenvalue weighted by atomic mass is 32.1. The average Bonchev–Trinajstić information content (AvgIpc) is 3.05. The second-order valence-electron chi connectivity index (χ2n) is 6.56. The first-order valence-corrected chi connectivity index (χ1v) is 8.59. The van der Waals surface area contributed by atoms with Crippen molar-refractivity contribution >= 4 is 22.9 Å². The van der Waals surface area contributed by atoms with E-state index in [0.29, 0.717) is 0 Å². The Kier molecular flexibility index (Phi) is 4.44. The van der Waals surface area contributed by atoms with E-state index in [1.165, 1.54) is 0 Å². The predicted molar refractivity (Wildman–Crippen MR) is 98.9 cm³/mol. The van der Waals surface area contributed by atoms with Gasteiger partial charge in [0.1, 0.15) is 5.01 Å². The van der Waals surface area contributed by atoms with Crippen LogP contribution >= 0.6 is 11.3 Å². The van der Waals surface area contributed by atoms with Crippen molar-refractivity contribution in [3.63, 3.8) is 0 Å². The standard InChI is InChI=1S/C19H19N3OS/c1-19(2,3)18(23)21-15-6-4-13(5-7-15)16-12-24-17(22-16)14-8-10-20-11-9-14/h4-12H,1-3H3,(H,21,23). The Labute approximate surface area is 145 Å². The van der Waals surface area contributed by atoms with Gasteiger partial charge in [0.15, 0.2) is 0 Å². The van der Waals surface area contributed by atoms with E-state index < -0.39 is 5.41 Å². The number of carbonyl (C=O) groups excluding carboxylic acids is 1. The van der Waals surface area contributed by atoms with E-state index in [1.807, 2.05) is 62.5 Å². The molecule has 1 N–H and O–H groups in total. The van der Waals surface area contributed by atoms with Gasteiger partial charge >= 0.3 is 0 Å². The largest absolute Gasteiger partial charge is 0.326 e. The van der Waals surface area contributed by atoms with Gasteiger partial charge in [-0.05, 0) is 24.3 Å². The van der Waals surface area contributed by atoms with Gasteiger partial charge in [-0.2, -0.15) is 0 Å². The quantitative estimate of drug-likeness (QED) is 0.743. The van der Waals surface area contributed by atoms with Crippen LogP contribution in [0.5, 0.6) is 0 Å². The van der Waals surface area contributed by atoms with Gasteiger partial charge in [-0.3, -0.25) is 9.78 Å². The number of hydrogen-bond acceptors (Lipinski definition) is 4. The fourth-order valence-electron chi connectivity index (χ4n) is 2.08. The number of pyridine rings is 1. The lowest BCUT2D eigenvalue weighted by molar-refractivity contribution is -0.123. The van der Waals surface area contributed by atoms with Crippen LogP contribution in [0.4, 0.5) is 5.69 Å². The fraction of sp³-hybridized carbons (Fsp3) is 0.211. The van der Waals surface area contributed by atoms with Gasteiger partial charge in [0.2, 0.25) is 5.91 Å². The van der Waals surface area contributed by atoms with E-state index >= 15 is 0 Å². The molecule has 0 saturated carbocycles. The van der Waals surface area contributed by atoms with E-state index in [4.69, 9.17) is 0 Å². The van der Waals surface area contributed by atoms with Crippen LogP contribution in [0.25, 0.3) is 21.8 Å². The summed E-state index contributed by atoms with van der Waals surface area (Å²) >= 11 is 1.61. The first kappa shape index (κ1) is 16.3. The Balaban J connectivity index is 1.77. The Bertz CT molecular complexity index is 833. The molecule has 0 spiro atoms. The highest BCUT2D eigenvalue weighted by molar-refractivity contribution is 7.13. The minimum atomic E-state index is -0.410. The maximum absolute atomic E-state index is 12.0. The molecule has 0 aliphatic heterocycles. The van der Waals surface area contributed by atoms with E-state index in [-0.39, 0.29) is 5.91 Å². The lowest BCUT2D eigenvalue weighted by atomic mass is 9.95. The Hall–Kier alpha value is -2.53. The predicted octanol–water partition coefficient (Wildman–Crippen LogP) is 4.86. The van der Waals surface area contributed by atoms with Crippen LogP contribution in [-0.4, -0.2) is 15.9 Å². The molecule has 3 rings (SSSR count). The van der Waals surface area contributed by atoms with Gasteiger partial charge in [0.25, 0.3) is 0 Å². The number of anilines is 1. The minimum Gasteiger partial charge on any atom is -0.326 e. The molecular weight excluding hydrogens is 318 g/mol. The van der Waals surface area contributed by atoms with Crippen LogP contribution in [0.1, 0.15) is 20.8 Å². The summed E-state index contributed by atoms with van der Waals surface area (Å²) in [6.07, 6.45) is 3.53. The first-order valence-electron chi connectivity index (χ1n) is 7.71. The van der Waals surface area contributed by atoms with Crippen LogP contribution in [0.2, 0.25) is 0 Å². The monoisotopic (exact) mass is 337 g/mol. The Morgan fingerprint density at radius 3 is 2.29 bits per heavy atom. The summed E-state index contributed by atoms with van der Waals surface area (Å²) in [5, 5.41) is 5.94. The van der Waals surface area contributed by atoms with Crippen LogP contribution < -0.4 is 5.32 Å². The zero-order valence-corrected chi connectivity index (χ0v) is 14.7. The summed E-state index contributed by atoms with van der Waals surface area (Å²) in [6, 6.07) is 11.7. The molecule has 0 atom stereocenters. The second kappa shape index (κ2) is 6.53. The number of hydrogen-bond donors (Lipinski definition) is 1. The zero-order chi connectivity index (χ0) is 17.2. The zero-order valence-electron chi connectivity index (χ0n) is 13.9. The topological polar surface area (TPSA) is 54.9 Å². The average molecular weight is 337 g/mol. The van der Waals surface area contributed by atoms with Gasteiger partial charge in [0, 0.05) is 40.0 Å². The lowest BCUT2D eigenvalue weighted by Crippen LogP contribution is -2.27. The number of amides is 1. The number of nitrogens with one attached hydrogen (secondary N) is 1. The molecule has 0 fully saturated rings. The molecule has 2 heterocycles. The second-order valence-corrected chi connectivity index (χ2v) is 7.41. The number of carbonyl (C=O) groups is 1. The van der Waals surface area contributed by atoms with E-state index in [2.05, 4.69) is 15.3 Å². The molecule has 0 aliphatic rings. The molecule has 24 heavy (non-hydrogen) atoms. The van der Waals surface area contributed by atoms with Crippen LogP contribution in [0.15, 0.2) is 54.2 Å². The summed E-state index contributed by atoms with van der Waals surface area (Å²) in [6.45, 7) is 5.69. The molecule has 0 saturated heterocycles. The van der Waals surface area contributed by atoms with Crippen molar-refractivity contribution in [1.82, 2.24) is 9.97 Å². The van der Waals surface area contributed by atoms with Crippen molar-refractivity contribution in [2.24, 2.45) is 5.41 Å². The SMILES string of the molecule is CC(C)(C)C(=O)Nc1ccc(-c2csc(-c3ccncc3)n2)cc1. The van der Waals surface area contributed by atoms with Gasteiger partial charge in [-0.25, -0.2) is 4.98 Å². The molecule has 0 bridgehead atoms. The van der Waals surface area contributed by atoms with E-state index in [0.717, 1.165) is 27.5 Å². The third kappa shape index (κ3) is 3.68. The number of benzene rings is 1. The summed E-state index contributed by atoms with van der Waals surface area (Å²) in [4.78, 5) is 20.7. The first-order chi connectivity index (χ1) is 11.4. The summed E-state index contributed by atoms with van der Waals surface area (Å²) in [5.74, 6) is 0.00359. The van der Waals surface area contributed by atoms with Crippen molar-refractivity contribution in [1.29, 1.82) is 0 Å². The molecule has 0 unspecified atom stereocenters. The van der Waals surface area contributed by atoms with Crippen LogP contribution in [0, 0.1) is 5.41 Å². The normalized spacial score (nSPS) is 11.3. The van der Waals surface area contributed by atoms with Gasteiger partial charge in [-0.1, -0.05) is 32.9 Å². The maximum atomic E-state index is 12.0. The summed E-state index contributed by atoms with van der Waals surface area (Å²) in [7, 11) is 0. The maximum Gasteiger partial charge on any atom is 0.229 e. The highest BCUT2D eigenvalue weighted by Gasteiger charge is 2.21. The number of rotatable bonds is 3. The smallest absolute Gasteiger partial charge is 0.229 e. The van der Waals surface area contributed by atoms with Crippen LogP contribution in [-0.2, 0) is 4.79 Å². The molecule has 5 heteroatoms. The van der Waals surface area contributed by atoms with Crippen molar-refractivity contribution in [2.75, 3.05) is 5.32 Å². The molecular formula is C19H19N3OS. The number of aromatic nitrogens is 2. The third-order valence-electron chi connectivity index (χ3n) is 3.55. The molecule has 0 radical (unpaired) electrons. The van der Waals surface area contributed by atoms with Crippen LogP contribution in [0.3, 0.4) is 0 Å². The van der Waals surface area contributed by atoms with Gasteiger partial charge in [0.05, 0.1) is 5.69 Å². The van der Waals surface area contributed by atoms with Gasteiger partial charge < -0.3 is 5.32 Å². The molecule has 1 amide bonds. The third-order valence-corrected chi connectivity index (χ3v) is 4.44. The van der Waals surface area contributed by atoms with E-state index in [9.17, 15) is 4.79 Å². The number of nitrogens with zero attached hydrogens (tertiary/aromatic N) is 2. The van der Waals surface area contributed by atoms with Crippen molar-refractivity contribution in [3.05, 3.63) is 54.2 Å². The minimum absolute atomic E-state index is 0.00359. The Morgan fingerprint density at radius 2 is 1.67 bits per heavy atom. The summed E-state index contributed by atoms with van der Waals surface area (Å²) in [5.41, 5.74) is 3.41. The molecule has 4 nitrogen and oxygen atoms in total. The summed E-state index contributed by atoms with van der Waals surface area (Å²) < 4.78 is 0. The van der Waals surface area contributed by atoms with Crippen molar-refractivity contribution < 1.29 is 4.79 Å². The highest BCUT2D eigenvalue weighted by Crippen LogP contribution is 2.29. The number of thiazole rings is 1. The van der Waals surface area contributed by atoms with Crippen molar-refractivity contribution in [2.45, 2.75) is 20.8 Å². The molecule has 0 aliphatic carbocycles. The van der Waals surface area contributed by atoms with Gasteiger partial charge in [-0.15, -0.1) is 11.3 Å². The molecule has 122 valence electrons.